The Labute approximate surface area is 175 Å². The molecule has 2 aromatic rings. The van der Waals surface area contributed by atoms with E-state index >= 15 is 0 Å². The molecule has 1 aromatic heterocycles. The van der Waals surface area contributed by atoms with Gasteiger partial charge in [0, 0.05) is 39.6 Å². The van der Waals surface area contributed by atoms with Crippen LogP contribution in [0.4, 0.5) is 0 Å². The molecule has 4 nitrogen and oxygen atoms in total. The highest BCUT2D eigenvalue weighted by molar-refractivity contribution is 7.12. The van der Waals surface area contributed by atoms with E-state index in [0.29, 0.717) is 25.0 Å². The molecular formula is C24H25NO3S. The average molecular weight is 408 g/mol. The van der Waals surface area contributed by atoms with Gasteiger partial charge in [-0.05, 0) is 44.4 Å². The van der Waals surface area contributed by atoms with Crippen LogP contribution in [0.3, 0.4) is 0 Å². The molecule has 1 atom stereocenters. The Morgan fingerprint density at radius 3 is 2.66 bits per heavy atom. The first kappa shape index (κ1) is 19.6. The number of thiophene rings is 1. The van der Waals surface area contributed by atoms with E-state index in [-0.39, 0.29) is 17.7 Å². The summed E-state index contributed by atoms with van der Waals surface area (Å²) in [6, 6.07) is 14.1. The summed E-state index contributed by atoms with van der Waals surface area (Å²) >= 11 is 1.64. The summed E-state index contributed by atoms with van der Waals surface area (Å²) in [6.45, 7) is 4.27. The van der Waals surface area contributed by atoms with Gasteiger partial charge in [0.25, 0.3) is 0 Å². The van der Waals surface area contributed by atoms with Gasteiger partial charge < -0.3 is 10.1 Å². The van der Waals surface area contributed by atoms with Crippen LogP contribution in [0, 0.1) is 6.92 Å². The largest absolute Gasteiger partial charge is 0.462 e. The van der Waals surface area contributed by atoms with Gasteiger partial charge >= 0.3 is 5.97 Å². The van der Waals surface area contributed by atoms with Gasteiger partial charge in [0.1, 0.15) is 0 Å². The summed E-state index contributed by atoms with van der Waals surface area (Å²) in [6.07, 6.45) is 2.90. The number of Topliss-reactive ketones (excluding diaryl/α,β-unsaturated/α-hetero) is 1. The predicted octanol–water partition coefficient (Wildman–Crippen LogP) is 4.81. The molecule has 29 heavy (non-hydrogen) atoms. The molecule has 150 valence electrons. The molecule has 0 unspecified atom stereocenters. The van der Waals surface area contributed by atoms with Crippen LogP contribution in [-0.4, -0.2) is 18.4 Å². The van der Waals surface area contributed by atoms with Gasteiger partial charge in [0.2, 0.25) is 0 Å². The number of nitrogens with one attached hydrogen (secondary N) is 1. The fourth-order valence-corrected chi connectivity index (χ4v) is 5.13. The lowest BCUT2D eigenvalue weighted by atomic mass is 9.78. The van der Waals surface area contributed by atoms with E-state index in [4.69, 9.17) is 4.74 Å². The van der Waals surface area contributed by atoms with Crippen molar-refractivity contribution < 1.29 is 14.3 Å². The van der Waals surface area contributed by atoms with E-state index in [0.717, 1.165) is 40.2 Å². The quantitative estimate of drug-likeness (QED) is 0.723. The van der Waals surface area contributed by atoms with Crippen LogP contribution in [0.2, 0.25) is 0 Å². The lowest BCUT2D eigenvalue weighted by Crippen LogP contribution is -2.34. The SMILES string of the molecule is CC1=C(C(=O)OCCc2ccccc2)[C@H](c2ccc(C)s2)C2=C(CCCC2=O)N1. The zero-order chi connectivity index (χ0) is 20.4. The molecule has 1 N–H and O–H groups in total. The number of rotatable bonds is 5. The van der Waals surface area contributed by atoms with Crippen molar-refractivity contribution in [1.29, 1.82) is 0 Å². The summed E-state index contributed by atoms with van der Waals surface area (Å²) in [5.41, 5.74) is 4.20. The van der Waals surface area contributed by atoms with E-state index in [1.54, 1.807) is 11.3 Å². The van der Waals surface area contributed by atoms with Gasteiger partial charge in [-0.1, -0.05) is 30.3 Å². The van der Waals surface area contributed by atoms with Gasteiger partial charge in [0.05, 0.1) is 18.1 Å². The van der Waals surface area contributed by atoms with Crippen molar-refractivity contribution in [2.75, 3.05) is 6.61 Å². The van der Waals surface area contributed by atoms with Crippen LogP contribution in [0.25, 0.3) is 0 Å². The minimum Gasteiger partial charge on any atom is -0.462 e. The van der Waals surface area contributed by atoms with E-state index in [2.05, 4.69) is 5.32 Å². The maximum Gasteiger partial charge on any atom is 0.336 e. The van der Waals surface area contributed by atoms with E-state index in [9.17, 15) is 9.59 Å². The number of ketones is 1. The highest BCUT2D eigenvalue weighted by Crippen LogP contribution is 2.44. The fraction of sp³-hybridized carbons (Fsp3) is 0.333. The standard InChI is InChI=1S/C24H25NO3S/c1-15-11-12-20(29-15)23-21(16(2)25-18-9-6-10-19(26)22(18)23)24(27)28-14-13-17-7-4-3-5-8-17/h3-5,7-8,11-12,23,25H,6,9-10,13-14H2,1-2H3/t23-/m0/s1. The molecule has 2 aliphatic rings. The molecule has 1 aliphatic heterocycles. The second kappa shape index (κ2) is 8.37. The second-order valence-electron chi connectivity index (χ2n) is 7.59. The number of allylic oxidation sites excluding steroid dienone is 3. The first-order valence-corrected chi connectivity index (χ1v) is 10.9. The van der Waals surface area contributed by atoms with Gasteiger partial charge in [-0.2, -0.15) is 0 Å². The summed E-state index contributed by atoms with van der Waals surface area (Å²) in [7, 11) is 0. The number of hydrogen-bond donors (Lipinski definition) is 1. The summed E-state index contributed by atoms with van der Waals surface area (Å²) in [5.74, 6) is -0.536. The Morgan fingerprint density at radius 2 is 1.93 bits per heavy atom. The number of ether oxygens (including phenoxy) is 1. The zero-order valence-electron chi connectivity index (χ0n) is 16.8. The molecule has 0 saturated heterocycles. The Kier molecular flexibility index (Phi) is 5.67. The highest BCUT2D eigenvalue weighted by atomic mass is 32.1. The van der Waals surface area contributed by atoms with E-state index < -0.39 is 0 Å². The topological polar surface area (TPSA) is 55.4 Å². The van der Waals surface area contributed by atoms with Gasteiger partial charge in [0.15, 0.2) is 5.78 Å². The van der Waals surface area contributed by atoms with Crippen LogP contribution >= 0.6 is 11.3 Å². The number of carbonyl (C=O) groups excluding carboxylic acids is 2. The number of aryl methyl sites for hydroxylation is 1. The Balaban J connectivity index is 1.61. The molecule has 5 heteroatoms. The number of dihydropyridines is 1. The smallest absolute Gasteiger partial charge is 0.336 e. The lowest BCUT2D eigenvalue weighted by molar-refractivity contribution is -0.139. The average Bonchev–Trinajstić information content (AvgIpc) is 3.14. The molecule has 0 fully saturated rings. The minimum absolute atomic E-state index is 0.136. The summed E-state index contributed by atoms with van der Waals surface area (Å²) in [5, 5.41) is 3.34. The highest BCUT2D eigenvalue weighted by Gasteiger charge is 2.39. The van der Waals surface area contributed by atoms with Crippen molar-refractivity contribution in [3.8, 4) is 0 Å². The van der Waals surface area contributed by atoms with E-state index in [1.807, 2.05) is 56.3 Å². The zero-order valence-corrected chi connectivity index (χ0v) is 17.6. The lowest BCUT2D eigenvalue weighted by Gasteiger charge is -2.33. The van der Waals surface area contributed by atoms with Crippen molar-refractivity contribution in [2.24, 2.45) is 0 Å². The van der Waals surface area contributed by atoms with Crippen molar-refractivity contribution in [2.45, 2.75) is 45.4 Å². The summed E-state index contributed by atoms with van der Waals surface area (Å²) < 4.78 is 5.66. The summed E-state index contributed by atoms with van der Waals surface area (Å²) in [4.78, 5) is 28.1. The first-order valence-electron chi connectivity index (χ1n) is 10.1. The van der Waals surface area contributed by atoms with Gasteiger partial charge in [-0.3, -0.25) is 4.79 Å². The maximum atomic E-state index is 13.1. The van der Waals surface area contributed by atoms with E-state index in [1.165, 1.54) is 4.88 Å². The Bertz CT molecular complexity index is 1000. The molecular weight excluding hydrogens is 382 g/mol. The first-order chi connectivity index (χ1) is 14.0. The maximum absolute atomic E-state index is 13.1. The number of hydrogen-bond acceptors (Lipinski definition) is 5. The monoisotopic (exact) mass is 407 g/mol. The molecule has 1 aromatic carbocycles. The van der Waals surface area contributed by atoms with Crippen molar-refractivity contribution in [3.05, 3.63) is 80.3 Å². The number of benzene rings is 1. The molecule has 0 radical (unpaired) electrons. The molecule has 0 bridgehead atoms. The third kappa shape index (κ3) is 4.06. The van der Waals surface area contributed by atoms with Gasteiger partial charge in [-0.25, -0.2) is 4.79 Å². The Hall–Kier alpha value is -2.66. The van der Waals surface area contributed by atoms with Gasteiger partial charge in [-0.15, -0.1) is 11.3 Å². The molecule has 0 saturated carbocycles. The Morgan fingerprint density at radius 1 is 1.14 bits per heavy atom. The third-order valence-corrected chi connectivity index (χ3v) is 6.57. The minimum atomic E-state index is -0.341. The fourth-order valence-electron chi connectivity index (χ4n) is 4.13. The number of carbonyl (C=O) groups is 2. The van der Waals surface area contributed by atoms with Crippen LogP contribution in [0.5, 0.6) is 0 Å². The molecule has 0 spiro atoms. The molecule has 4 rings (SSSR count). The molecule has 0 amide bonds. The van der Waals surface area contributed by atoms with Crippen molar-refractivity contribution >= 4 is 23.1 Å². The van der Waals surface area contributed by atoms with Crippen LogP contribution in [0.15, 0.2) is 65.0 Å². The van der Waals surface area contributed by atoms with Crippen LogP contribution in [-0.2, 0) is 20.7 Å². The third-order valence-electron chi connectivity index (χ3n) is 5.51. The van der Waals surface area contributed by atoms with Crippen molar-refractivity contribution in [3.63, 3.8) is 0 Å². The van der Waals surface area contributed by atoms with Crippen LogP contribution < -0.4 is 5.32 Å². The predicted molar refractivity (Wildman–Crippen MR) is 115 cm³/mol. The van der Waals surface area contributed by atoms with Crippen molar-refractivity contribution in [1.82, 2.24) is 5.32 Å². The second-order valence-corrected chi connectivity index (χ2v) is 8.91. The number of esters is 1. The van der Waals surface area contributed by atoms with Crippen LogP contribution in [0.1, 0.15) is 47.4 Å². The molecule has 2 heterocycles. The normalized spacial score (nSPS) is 19.1. The molecule has 1 aliphatic carbocycles.